The topological polar surface area (TPSA) is 76.3 Å². The highest BCUT2D eigenvalue weighted by atomic mass is 32.1. The highest BCUT2D eigenvalue weighted by molar-refractivity contribution is 7.15. The average Bonchev–Trinajstić information content (AvgIpc) is 3.24. The van der Waals surface area contributed by atoms with E-state index in [1.165, 1.54) is 22.3 Å². The number of aryl methyl sites for hydroxylation is 2. The Morgan fingerprint density at radius 1 is 1.10 bits per heavy atom. The second-order valence-electron chi connectivity index (χ2n) is 6.88. The van der Waals surface area contributed by atoms with Gasteiger partial charge in [0.15, 0.2) is 5.43 Å². The second kappa shape index (κ2) is 6.31. The van der Waals surface area contributed by atoms with Gasteiger partial charge in [0.2, 0.25) is 10.9 Å². The number of nitrogens with zero attached hydrogens (tertiary/aromatic N) is 3. The van der Waals surface area contributed by atoms with Crippen LogP contribution in [0.5, 0.6) is 0 Å². The Morgan fingerprint density at radius 3 is 2.62 bits per heavy atom. The normalized spacial score (nSPS) is 15.9. The van der Waals surface area contributed by atoms with Gasteiger partial charge >= 0.3 is 0 Å². The molecule has 1 aliphatic rings. The van der Waals surface area contributed by atoms with Crippen molar-refractivity contribution in [2.75, 3.05) is 4.90 Å². The Bertz CT molecular complexity index is 1360. The van der Waals surface area contributed by atoms with Crippen molar-refractivity contribution >= 4 is 33.3 Å². The van der Waals surface area contributed by atoms with Crippen LogP contribution in [0.25, 0.3) is 11.0 Å². The van der Waals surface area contributed by atoms with Crippen LogP contribution in [0.15, 0.2) is 51.7 Å². The first kappa shape index (κ1) is 17.7. The maximum Gasteiger partial charge on any atom is 0.297 e. The zero-order chi connectivity index (χ0) is 20.3. The van der Waals surface area contributed by atoms with Gasteiger partial charge in [0.1, 0.15) is 22.4 Å². The zero-order valence-electron chi connectivity index (χ0n) is 15.5. The lowest BCUT2D eigenvalue weighted by Gasteiger charge is -2.22. The molecule has 0 spiro atoms. The third kappa shape index (κ3) is 2.60. The molecule has 0 aliphatic carbocycles. The van der Waals surface area contributed by atoms with E-state index in [0.29, 0.717) is 16.0 Å². The van der Waals surface area contributed by atoms with E-state index < -0.39 is 17.8 Å². The van der Waals surface area contributed by atoms with E-state index in [2.05, 4.69) is 10.2 Å². The summed E-state index contributed by atoms with van der Waals surface area (Å²) in [5, 5.41) is 9.32. The van der Waals surface area contributed by atoms with Crippen molar-refractivity contribution in [3.8, 4) is 0 Å². The summed E-state index contributed by atoms with van der Waals surface area (Å²) in [6.07, 6.45) is 0. The molecule has 6 nitrogen and oxygen atoms in total. The van der Waals surface area contributed by atoms with Crippen molar-refractivity contribution in [1.29, 1.82) is 0 Å². The summed E-state index contributed by atoms with van der Waals surface area (Å²) in [5.74, 6) is -1.15. The maximum absolute atomic E-state index is 14.8. The van der Waals surface area contributed by atoms with Gasteiger partial charge in [0, 0.05) is 5.56 Å². The van der Waals surface area contributed by atoms with E-state index >= 15 is 0 Å². The first-order valence-corrected chi connectivity index (χ1v) is 9.73. The molecule has 29 heavy (non-hydrogen) atoms. The molecule has 0 N–H and O–H groups in total. The van der Waals surface area contributed by atoms with Crippen LogP contribution < -0.4 is 10.3 Å². The first-order valence-electron chi connectivity index (χ1n) is 8.91. The molecule has 3 heterocycles. The van der Waals surface area contributed by atoms with Gasteiger partial charge in [-0.2, -0.15) is 0 Å². The molecule has 1 amide bonds. The number of fused-ring (bicyclic) bond motifs is 2. The Morgan fingerprint density at radius 2 is 1.90 bits per heavy atom. The van der Waals surface area contributed by atoms with Gasteiger partial charge in [0.25, 0.3) is 5.91 Å². The van der Waals surface area contributed by atoms with E-state index in [9.17, 15) is 14.0 Å². The Labute approximate surface area is 168 Å². The fourth-order valence-corrected chi connectivity index (χ4v) is 4.37. The van der Waals surface area contributed by atoms with Crippen LogP contribution in [-0.2, 0) is 0 Å². The number of carbonyl (C=O) groups excluding carboxylic acids is 1. The third-order valence-corrected chi connectivity index (χ3v) is 5.78. The highest BCUT2D eigenvalue weighted by Crippen LogP contribution is 2.42. The summed E-state index contributed by atoms with van der Waals surface area (Å²) in [5.41, 5.74) is 1.16. The molecule has 2 aromatic heterocycles. The SMILES string of the molecule is Cc1ccc2oc3c(c(=O)c2c1)[C@@H](c1ccccc1F)N(c1nnc(C)s1)C3=O. The van der Waals surface area contributed by atoms with Gasteiger partial charge in [-0.15, -0.1) is 10.2 Å². The van der Waals surface area contributed by atoms with Gasteiger partial charge in [-0.25, -0.2) is 4.39 Å². The molecular weight excluding hydrogens is 393 g/mol. The average molecular weight is 407 g/mol. The minimum atomic E-state index is -0.979. The number of halogens is 1. The molecule has 0 saturated heterocycles. The molecule has 0 unspecified atom stereocenters. The van der Waals surface area contributed by atoms with E-state index in [1.807, 2.05) is 6.92 Å². The minimum Gasteiger partial charge on any atom is -0.450 e. The monoisotopic (exact) mass is 407 g/mol. The van der Waals surface area contributed by atoms with E-state index in [4.69, 9.17) is 4.42 Å². The molecule has 0 bridgehead atoms. The summed E-state index contributed by atoms with van der Waals surface area (Å²) < 4.78 is 20.6. The number of benzene rings is 2. The van der Waals surface area contributed by atoms with E-state index in [0.717, 1.165) is 5.56 Å². The summed E-state index contributed by atoms with van der Waals surface area (Å²) in [6, 6.07) is 10.3. The number of anilines is 1. The lowest BCUT2D eigenvalue weighted by molar-refractivity contribution is 0.0970. The van der Waals surface area contributed by atoms with Crippen LogP contribution >= 0.6 is 11.3 Å². The summed E-state index contributed by atoms with van der Waals surface area (Å²) in [4.78, 5) is 28.0. The first-order chi connectivity index (χ1) is 14.0. The number of rotatable bonds is 2. The standard InChI is InChI=1S/C21H14FN3O3S/c1-10-7-8-15-13(9-10)18(26)16-17(12-5-3-4-6-14(12)22)25(20(27)19(16)28-15)21-24-23-11(2)29-21/h3-9,17H,1-2H3/t17-/m1/s1. The van der Waals surface area contributed by atoms with E-state index in [1.54, 1.807) is 43.3 Å². The number of amides is 1. The summed E-state index contributed by atoms with van der Waals surface area (Å²) in [7, 11) is 0. The molecular formula is C21H14FN3O3S. The van der Waals surface area contributed by atoms with Crippen molar-refractivity contribution in [1.82, 2.24) is 10.2 Å². The maximum atomic E-state index is 14.8. The quantitative estimate of drug-likeness (QED) is 0.499. The molecule has 8 heteroatoms. The molecule has 144 valence electrons. The number of hydrogen-bond acceptors (Lipinski definition) is 6. The van der Waals surface area contributed by atoms with Gasteiger partial charge in [-0.1, -0.05) is 41.2 Å². The molecule has 0 radical (unpaired) electrons. The second-order valence-corrected chi connectivity index (χ2v) is 8.04. The van der Waals surface area contributed by atoms with Gasteiger partial charge < -0.3 is 4.42 Å². The van der Waals surface area contributed by atoms with Gasteiger partial charge in [-0.3, -0.25) is 14.5 Å². The van der Waals surface area contributed by atoms with Gasteiger partial charge in [-0.05, 0) is 32.0 Å². The van der Waals surface area contributed by atoms with Gasteiger partial charge in [0.05, 0.1) is 10.9 Å². The van der Waals surface area contributed by atoms with Crippen LogP contribution in [0.2, 0.25) is 0 Å². The predicted molar refractivity (Wildman–Crippen MR) is 107 cm³/mol. The number of aromatic nitrogens is 2. The fraction of sp³-hybridized carbons (Fsp3) is 0.143. The Kier molecular flexibility index (Phi) is 3.85. The van der Waals surface area contributed by atoms with Crippen LogP contribution in [-0.4, -0.2) is 16.1 Å². The Balaban J connectivity index is 1.86. The lowest BCUT2D eigenvalue weighted by Crippen LogP contribution is -2.30. The summed E-state index contributed by atoms with van der Waals surface area (Å²) >= 11 is 1.19. The molecule has 5 rings (SSSR count). The van der Waals surface area contributed by atoms with Crippen molar-refractivity contribution in [3.63, 3.8) is 0 Å². The number of hydrogen-bond donors (Lipinski definition) is 0. The Hall–Kier alpha value is -3.39. The third-order valence-electron chi connectivity index (χ3n) is 4.95. The lowest BCUT2D eigenvalue weighted by atomic mass is 9.98. The fourth-order valence-electron chi connectivity index (χ4n) is 3.66. The molecule has 1 aliphatic heterocycles. The van der Waals surface area contributed by atoms with Crippen LogP contribution in [0, 0.1) is 19.7 Å². The zero-order valence-corrected chi connectivity index (χ0v) is 16.3. The highest BCUT2D eigenvalue weighted by Gasteiger charge is 2.46. The molecule has 0 fully saturated rings. The summed E-state index contributed by atoms with van der Waals surface area (Å²) in [6.45, 7) is 3.62. The van der Waals surface area contributed by atoms with Crippen LogP contribution in [0.4, 0.5) is 9.52 Å². The molecule has 0 saturated carbocycles. The molecule has 2 aromatic carbocycles. The van der Waals surface area contributed by atoms with Crippen molar-refractivity contribution in [2.24, 2.45) is 0 Å². The van der Waals surface area contributed by atoms with E-state index in [-0.39, 0.29) is 27.4 Å². The molecule has 1 atom stereocenters. The van der Waals surface area contributed by atoms with Crippen LogP contribution in [0.1, 0.15) is 38.3 Å². The van der Waals surface area contributed by atoms with Crippen molar-refractivity contribution in [2.45, 2.75) is 19.9 Å². The predicted octanol–water partition coefficient (Wildman–Crippen LogP) is 4.15. The van der Waals surface area contributed by atoms with Crippen molar-refractivity contribution in [3.05, 3.63) is 86.0 Å². The smallest absolute Gasteiger partial charge is 0.297 e. The number of carbonyl (C=O) groups is 1. The van der Waals surface area contributed by atoms with Crippen LogP contribution in [0.3, 0.4) is 0 Å². The molecule has 4 aromatic rings. The van der Waals surface area contributed by atoms with Crippen molar-refractivity contribution < 1.29 is 13.6 Å². The minimum absolute atomic E-state index is 0.0903. The largest absolute Gasteiger partial charge is 0.450 e.